The van der Waals surface area contributed by atoms with Crippen molar-refractivity contribution in [1.29, 1.82) is 0 Å². The average Bonchev–Trinajstić information content (AvgIpc) is 2.52. The van der Waals surface area contributed by atoms with Crippen LogP contribution < -0.4 is 5.69 Å². The molecule has 0 saturated heterocycles. The van der Waals surface area contributed by atoms with E-state index < -0.39 is 23.3 Å². The molecular formula is C10H8F3N3O3. The molecule has 0 atom stereocenters. The molecule has 0 amide bonds. The highest BCUT2D eigenvalue weighted by Crippen LogP contribution is 2.23. The van der Waals surface area contributed by atoms with Gasteiger partial charge in [0.1, 0.15) is 6.54 Å². The van der Waals surface area contributed by atoms with Gasteiger partial charge in [-0.1, -0.05) is 0 Å². The first-order valence-corrected chi connectivity index (χ1v) is 5.11. The Kier molecular flexibility index (Phi) is 2.84. The minimum absolute atomic E-state index is 0.112. The van der Waals surface area contributed by atoms with Crippen molar-refractivity contribution < 1.29 is 18.1 Å². The molecular weight excluding hydrogens is 267 g/mol. The van der Waals surface area contributed by atoms with Crippen molar-refractivity contribution in [3.8, 4) is 0 Å². The third-order valence-electron chi connectivity index (χ3n) is 2.68. The molecule has 9 heteroatoms. The molecule has 19 heavy (non-hydrogen) atoms. The van der Waals surface area contributed by atoms with Gasteiger partial charge in [0.25, 0.3) is 5.69 Å². The van der Waals surface area contributed by atoms with Gasteiger partial charge < -0.3 is 0 Å². The zero-order chi connectivity index (χ0) is 14.4. The molecule has 1 aromatic heterocycles. The maximum atomic E-state index is 12.4. The summed E-state index contributed by atoms with van der Waals surface area (Å²) in [6.45, 7) is -1.48. The van der Waals surface area contributed by atoms with Crippen molar-refractivity contribution in [2.45, 2.75) is 12.7 Å². The van der Waals surface area contributed by atoms with E-state index in [0.29, 0.717) is 4.57 Å². The van der Waals surface area contributed by atoms with Gasteiger partial charge in [-0.25, -0.2) is 4.79 Å². The van der Waals surface area contributed by atoms with Crippen molar-refractivity contribution in [3.05, 3.63) is 38.8 Å². The Labute approximate surface area is 103 Å². The number of nitro benzene ring substituents is 1. The number of benzene rings is 1. The second kappa shape index (κ2) is 4.11. The number of halogens is 3. The molecule has 2 aromatic rings. The molecule has 2 rings (SSSR count). The number of imidazole rings is 1. The molecule has 0 radical (unpaired) electrons. The van der Waals surface area contributed by atoms with Gasteiger partial charge in [0.2, 0.25) is 0 Å². The minimum Gasteiger partial charge on any atom is -0.295 e. The van der Waals surface area contributed by atoms with Gasteiger partial charge in [0.15, 0.2) is 0 Å². The lowest BCUT2D eigenvalue weighted by Crippen LogP contribution is -2.28. The van der Waals surface area contributed by atoms with E-state index in [0.717, 1.165) is 16.7 Å². The van der Waals surface area contributed by atoms with E-state index in [4.69, 9.17) is 0 Å². The summed E-state index contributed by atoms with van der Waals surface area (Å²) in [5, 5.41) is 10.6. The Hall–Kier alpha value is -2.32. The van der Waals surface area contributed by atoms with Crippen molar-refractivity contribution in [2.75, 3.05) is 0 Å². The zero-order valence-corrected chi connectivity index (χ0v) is 9.64. The Bertz CT molecular complexity index is 714. The summed E-state index contributed by atoms with van der Waals surface area (Å²) < 4.78 is 38.7. The fourth-order valence-electron chi connectivity index (χ4n) is 1.84. The van der Waals surface area contributed by atoms with Crippen molar-refractivity contribution >= 4 is 16.7 Å². The second-order valence-electron chi connectivity index (χ2n) is 3.97. The standard InChI is InChI=1S/C10H8F3N3O3/c1-14-7-3-2-6(16(18)19)4-8(7)15(9(14)17)5-10(11,12)13/h2-4H,5H2,1H3. The lowest BCUT2D eigenvalue weighted by atomic mass is 10.2. The minimum atomic E-state index is -4.58. The van der Waals surface area contributed by atoms with E-state index in [-0.39, 0.29) is 16.7 Å². The van der Waals surface area contributed by atoms with E-state index in [2.05, 4.69) is 0 Å². The quantitative estimate of drug-likeness (QED) is 0.620. The molecule has 102 valence electrons. The third-order valence-corrected chi connectivity index (χ3v) is 2.68. The number of aryl methyl sites for hydroxylation is 1. The summed E-state index contributed by atoms with van der Waals surface area (Å²) in [6, 6.07) is 3.35. The van der Waals surface area contributed by atoms with Crippen LogP contribution in [0.3, 0.4) is 0 Å². The van der Waals surface area contributed by atoms with E-state index in [1.165, 1.54) is 13.1 Å². The maximum Gasteiger partial charge on any atom is 0.406 e. The number of nitro groups is 1. The number of fused-ring (bicyclic) bond motifs is 1. The summed E-state index contributed by atoms with van der Waals surface area (Å²) in [6.07, 6.45) is -4.58. The fourth-order valence-corrected chi connectivity index (χ4v) is 1.84. The van der Waals surface area contributed by atoms with E-state index in [1.807, 2.05) is 0 Å². The van der Waals surface area contributed by atoms with Crippen LogP contribution in [0.5, 0.6) is 0 Å². The number of rotatable bonds is 2. The van der Waals surface area contributed by atoms with Gasteiger partial charge in [0.05, 0.1) is 16.0 Å². The van der Waals surface area contributed by atoms with Gasteiger partial charge in [-0.3, -0.25) is 19.2 Å². The highest BCUT2D eigenvalue weighted by atomic mass is 19.4. The first-order chi connectivity index (χ1) is 8.70. The molecule has 0 spiro atoms. The normalized spacial score (nSPS) is 12.0. The van der Waals surface area contributed by atoms with E-state index >= 15 is 0 Å². The summed E-state index contributed by atoms with van der Waals surface area (Å²) in [5.41, 5.74) is -1.14. The third kappa shape index (κ3) is 2.30. The van der Waals surface area contributed by atoms with Crippen LogP contribution in [0.25, 0.3) is 11.0 Å². The number of hydrogen-bond donors (Lipinski definition) is 0. The average molecular weight is 275 g/mol. The first kappa shape index (κ1) is 13.1. The molecule has 0 aliphatic heterocycles. The number of aromatic nitrogens is 2. The Morgan fingerprint density at radius 3 is 2.47 bits per heavy atom. The van der Waals surface area contributed by atoms with Crippen LogP contribution in [0.15, 0.2) is 23.0 Å². The molecule has 0 unspecified atom stereocenters. The Balaban J connectivity index is 2.74. The summed E-state index contributed by atoms with van der Waals surface area (Å²) in [7, 11) is 1.31. The van der Waals surface area contributed by atoms with Crippen LogP contribution in [0.4, 0.5) is 18.9 Å². The van der Waals surface area contributed by atoms with Crippen molar-refractivity contribution in [2.24, 2.45) is 7.05 Å². The highest BCUT2D eigenvalue weighted by Gasteiger charge is 2.30. The topological polar surface area (TPSA) is 70.1 Å². The van der Waals surface area contributed by atoms with Crippen LogP contribution in [0.1, 0.15) is 0 Å². The first-order valence-electron chi connectivity index (χ1n) is 5.11. The SMILES string of the molecule is Cn1c(=O)n(CC(F)(F)F)c2cc([N+](=O)[O-])ccc21. The number of nitrogens with zero attached hydrogens (tertiary/aromatic N) is 3. The van der Waals surface area contributed by atoms with Crippen LogP contribution >= 0.6 is 0 Å². The Morgan fingerprint density at radius 2 is 1.95 bits per heavy atom. The van der Waals surface area contributed by atoms with Crippen LogP contribution in [-0.2, 0) is 13.6 Å². The van der Waals surface area contributed by atoms with Crippen LogP contribution in [-0.4, -0.2) is 20.2 Å². The highest BCUT2D eigenvalue weighted by molar-refractivity contribution is 5.78. The van der Waals surface area contributed by atoms with Gasteiger partial charge in [-0.05, 0) is 6.07 Å². The van der Waals surface area contributed by atoms with Gasteiger partial charge in [0, 0.05) is 19.2 Å². The van der Waals surface area contributed by atoms with Gasteiger partial charge in [-0.2, -0.15) is 13.2 Å². The predicted molar refractivity (Wildman–Crippen MR) is 59.9 cm³/mol. The summed E-state index contributed by atoms with van der Waals surface area (Å²) in [5.74, 6) is 0. The monoisotopic (exact) mass is 275 g/mol. The van der Waals surface area contributed by atoms with Gasteiger partial charge >= 0.3 is 11.9 Å². The maximum absolute atomic E-state index is 12.4. The fraction of sp³-hybridized carbons (Fsp3) is 0.300. The largest absolute Gasteiger partial charge is 0.406 e. The molecule has 0 aliphatic rings. The predicted octanol–water partition coefficient (Wildman–Crippen LogP) is 1.81. The summed E-state index contributed by atoms with van der Waals surface area (Å²) >= 11 is 0. The zero-order valence-electron chi connectivity index (χ0n) is 9.64. The summed E-state index contributed by atoms with van der Waals surface area (Å²) in [4.78, 5) is 21.6. The lowest BCUT2D eigenvalue weighted by molar-refractivity contribution is -0.384. The number of hydrogen-bond acceptors (Lipinski definition) is 3. The molecule has 0 fully saturated rings. The van der Waals surface area contributed by atoms with E-state index in [9.17, 15) is 28.1 Å². The Morgan fingerprint density at radius 1 is 1.32 bits per heavy atom. The molecule has 6 nitrogen and oxygen atoms in total. The molecule has 0 saturated carbocycles. The second-order valence-corrected chi connectivity index (χ2v) is 3.97. The van der Waals surface area contributed by atoms with Gasteiger partial charge in [-0.15, -0.1) is 0 Å². The molecule has 0 bridgehead atoms. The lowest BCUT2D eigenvalue weighted by Gasteiger charge is -2.06. The molecule has 1 aromatic carbocycles. The smallest absolute Gasteiger partial charge is 0.295 e. The molecule has 0 N–H and O–H groups in total. The molecule has 0 aliphatic carbocycles. The number of non-ortho nitro benzene ring substituents is 1. The molecule has 1 heterocycles. The van der Waals surface area contributed by atoms with Crippen LogP contribution in [0.2, 0.25) is 0 Å². The van der Waals surface area contributed by atoms with Crippen LogP contribution in [0, 0.1) is 10.1 Å². The van der Waals surface area contributed by atoms with Crippen molar-refractivity contribution in [1.82, 2.24) is 9.13 Å². The number of alkyl halides is 3. The van der Waals surface area contributed by atoms with Crippen molar-refractivity contribution in [3.63, 3.8) is 0 Å². The van der Waals surface area contributed by atoms with E-state index in [1.54, 1.807) is 0 Å².